The highest BCUT2D eigenvalue weighted by Gasteiger charge is 2.38. The number of alkyl halides is 3. The molecule has 0 saturated heterocycles. The molecule has 0 unspecified atom stereocenters. The Morgan fingerprint density at radius 2 is 1.92 bits per heavy atom. The zero-order chi connectivity index (χ0) is 11.1. The molecule has 0 radical (unpaired) electrons. The molecular formula is C6H8F3NO3. The zero-order valence-corrected chi connectivity index (χ0v) is 6.38. The molecule has 0 heterocycles. The van der Waals surface area contributed by atoms with Crippen molar-refractivity contribution in [3.05, 3.63) is 0 Å². The second kappa shape index (κ2) is 6.28. The number of hydrogen-bond donors (Lipinski definition) is 3. The van der Waals surface area contributed by atoms with Crippen LogP contribution >= 0.6 is 0 Å². The predicted molar refractivity (Wildman–Crippen MR) is 37.6 cm³/mol. The third-order valence-corrected chi connectivity index (χ3v) is 0.653. The van der Waals surface area contributed by atoms with E-state index >= 15 is 0 Å². The van der Waals surface area contributed by atoms with Crippen LogP contribution in [0.5, 0.6) is 0 Å². The predicted octanol–water partition coefficient (Wildman–Crippen LogP) is -0.428. The lowest BCUT2D eigenvalue weighted by atomic mass is 10.4. The standard InChI is InChI=1S/C4H7NO.C2HF3O2/c1-2-4(5)3-6;3-2(4,5)1(6)7/h1,4,6H,3,5H2;(H,6,7)/t4-;/m1./s1. The average molecular weight is 199 g/mol. The number of halogens is 3. The number of aliphatic hydroxyl groups is 1. The van der Waals surface area contributed by atoms with Gasteiger partial charge in [-0.05, 0) is 0 Å². The van der Waals surface area contributed by atoms with Crippen molar-refractivity contribution in [1.82, 2.24) is 0 Å². The smallest absolute Gasteiger partial charge is 0.475 e. The van der Waals surface area contributed by atoms with Crippen molar-refractivity contribution in [2.45, 2.75) is 12.2 Å². The number of hydrogen-bond acceptors (Lipinski definition) is 3. The van der Waals surface area contributed by atoms with E-state index in [1.165, 1.54) is 0 Å². The van der Waals surface area contributed by atoms with Crippen LogP contribution in [0, 0.1) is 12.3 Å². The van der Waals surface area contributed by atoms with Crippen molar-refractivity contribution in [1.29, 1.82) is 0 Å². The van der Waals surface area contributed by atoms with Crippen molar-refractivity contribution in [3.63, 3.8) is 0 Å². The first-order valence-electron chi connectivity index (χ1n) is 2.88. The number of carboxylic acid groups (broad SMARTS) is 1. The molecule has 7 heteroatoms. The molecular weight excluding hydrogens is 191 g/mol. The van der Waals surface area contributed by atoms with Crippen LogP contribution in [-0.2, 0) is 4.79 Å². The third-order valence-electron chi connectivity index (χ3n) is 0.653. The number of nitrogens with two attached hydrogens (primary N) is 1. The Labute approximate surface area is 72.2 Å². The van der Waals surface area contributed by atoms with Gasteiger partial charge in [0.25, 0.3) is 0 Å². The van der Waals surface area contributed by atoms with Gasteiger partial charge in [0.1, 0.15) is 0 Å². The van der Waals surface area contributed by atoms with Gasteiger partial charge in [-0.3, -0.25) is 0 Å². The van der Waals surface area contributed by atoms with Crippen LogP contribution in [0.3, 0.4) is 0 Å². The second-order valence-corrected chi connectivity index (χ2v) is 1.76. The van der Waals surface area contributed by atoms with Gasteiger partial charge in [-0.2, -0.15) is 13.2 Å². The van der Waals surface area contributed by atoms with Gasteiger partial charge in [0, 0.05) is 0 Å². The van der Waals surface area contributed by atoms with Crippen LogP contribution in [0.25, 0.3) is 0 Å². The molecule has 0 saturated carbocycles. The highest BCUT2D eigenvalue weighted by molar-refractivity contribution is 5.73. The molecule has 0 aromatic carbocycles. The van der Waals surface area contributed by atoms with Gasteiger partial charge in [0.15, 0.2) is 0 Å². The minimum Gasteiger partial charge on any atom is -0.475 e. The molecule has 4 N–H and O–H groups in total. The van der Waals surface area contributed by atoms with Crippen LogP contribution in [0.4, 0.5) is 13.2 Å². The fourth-order valence-electron chi connectivity index (χ4n) is 0.0527. The summed E-state index contributed by atoms with van der Waals surface area (Å²) >= 11 is 0. The Balaban J connectivity index is 0. The summed E-state index contributed by atoms with van der Waals surface area (Å²) < 4.78 is 31.7. The van der Waals surface area contributed by atoms with Gasteiger partial charge in [0.05, 0.1) is 12.6 Å². The van der Waals surface area contributed by atoms with E-state index in [1.54, 1.807) is 0 Å². The minimum absolute atomic E-state index is 0.128. The highest BCUT2D eigenvalue weighted by Crippen LogP contribution is 2.13. The number of carboxylic acids is 1. The molecule has 13 heavy (non-hydrogen) atoms. The molecule has 4 nitrogen and oxygen atoms in total. The Morgan fingerprint density at radius 3 is 1.92 bits per heavy atom. The molecule has 0 aliphatic heterocycles. The molecule has 0 aliphatic rings. The fraction of sp³-hybridized carbons (Fsp3) is 0.500. The molecule has 0 aromatic rings. The SMILES string of the molecule is C#C[C@@H](N)CO.O=C(O)C(F)(F)F. The lowest BCUT2D eigenvalue weighted by Gasteiger charge is -1.93. The quantitative estimate of drug-likeness (QED) is 0.500. The van der Waals surface area contributed by atoms with Crippen molar-refractivity contribution >= 4 is 5.97 Å². The highest BCUT2D eigenvalue weighted by atomic mass is 19.4. The van der Waals surface area contributed by atoms with Gasteiger partial charge < -0.3 is 15.9 Å². The monoisotopic (exact) mass is 199 g/mol. The van der Waals surface area contributed by atoms with E-state index in [0.29, 0.717) is 0 Å². The summed E-state index contributed by atoms with van der Waals surface area (Å²) in [6, 6.07) is -0.481. The number of terminal acetylenes is 1. The molecule has 0 spiro atoms. The molecule has 1 atom stereocenters. The third kappa shape index (κ3) is 10.7. The summed E-state index contributed by atoms with van der Waals surface area (Å²) in [7, 11) is 0. The Morgan fingerprint density at radius 1 is 1.62 bits per heavy atom. The van der Waals surface area contributed by atoms with Crippen molar-refractivity contribution in [3.8, 4) is 12.3 Å². The summed E-state index contributed by atoms with van der Waals surface area (Å²) in [4.78, 5) is 8.90. The summed E-state index contributed by atoms with van der Waals surface area (Å²) in [5.74, 6) is -0.615. The maximum atomic E-state index is 10.6. The van der Waals surface area contributed by atoms with Crippen LogP contribution in [0.2, 0.25) is 0 Å². The van der Waals surface area contributed by atoms with E-state index < -0.39 is 18.2 Å². The molecule has 0 aromatic heterocycles. The van der Waals surface area contributed by atoms with Crippen LogP contribution in [0.1, 0.15) is 0 Å². The van der Waals surface area contributed by atoms with E-state index in [0.717, 1.165) is 0 Å². The van der Waals surface area contributed by atoms with Crippen LogP contribution in [-0.4, -0.2) is 35.0 Å². The molecule has 0 bridgehead atoms. The van der Waals surface area contributed by atoms with Crippen LogP contribution in [0.15, 0.2) is 0 Å². The summed E-state index contributed by atoms with van der Waals surface area (Å²) in [6.45, 7) is -0.128. The Bertz CT molecular complexity index is 196. The average Bonchev–Trinajstić information content (AvgIpc) is 2.02. The zero-order valence-electron chi connectivity index (χ0n) is 6.38. The molecule has 0 fully saturated rings. The molecule has 0 aliphatic carbocycles. The maximum Gasteiger partial charge on any atom is 0.490 e. The molecule has 76 valence electrons. The van der Waals surface area contributed by atoms with Gasteiger partial charge in [-0.25, -0.2) is 4.79 Å². The van der Waals surface area contributed by atoms with Crippen molar-refractivity contribution in [2.24, 2.45) is 5.73 Å². The number of aliphatic carboxylic acids is 1. The van der Waals surface area contributed by atoms with E-state index in [1.807, 2.05) is 0 Å². The van der Waals surface area contributed by atoms with Gasteiger partial charge in [0.2, 0.25) is 0 Å². The first-order chi connectivity index (χ1) is 5.75. The van der Waals surface area contributed by atoms with E-state index in [-0.39, 0.29) is 6.61 Å². The van der Waals surface area contributed by atoms with Gasteiger partial charge in [-0.15, -0.1) is 6.42 Å². The summed E-state index contributed by atoms with van der Waals surface area (Å²) in [5, 5.41) is 15.2. The van der Waals surface area contributed by atoms with Gasteiger partial charge in [-0.1, -0.05) is 5.92 Å². The van der Waals surface area contributed by atoms with Crippen molar-refractivity contribution < 1.29 is 28.2 Å². The fourth-order valence-corrected chi connectivity index (χ4v) is 0.0527. The number of rotatable bonds is 1. The molecule has 0 rings (SSSR count). The lowest BCUT2D eigenvalue weighted by Crippen LogP contribution is -2.21. The summed E-state index contributed by atoms with van der Waals surface area (Å²) in [5.41, 5.74) is 4.99. The minimum atomic E-state index is -5.08. The number of aliphatic hydroxyl groups excluding tert-OH is 1. The molecule has 0 amide bonds. The van der Waals surface area contributed by atoms with Crippen LogP contribution < -0.4 is 5.73 Å². The first kappa shape index (κ1) is 14.3. The van der Waals surface area contributed by atoms with Gasteiger partial charge >= 0.3 is 12.1 Å². The number of carbonyl (C=O) groups is 1. The second-order valence-electron chi connectivity index (χ2n) is 1.76. The van der Waals surface area contributed by atoms with Crippen molar-refractivity contribution in [2.75, 3.05) is 6.61 Å². The van der Waals surface area contributed by atoms with E-state index in [9.17, 15) is 13.2 Å². The maximum absolute atomic E-state index is 10.6. The lowest BCUT2D eigenvalue weighted by molar-refractivity contribution is -0.192. The normalized spacial score (nSPS) is 12.0. The van der Waals surface area contributed by atoms with E-state index in [4.69, 9.17) is 27.2 Å². The Hall–Kier alpha value is -1.26. The first-order valence-corrected chi connectivity index (χ1v) is 2.88. The largest absolute Gasteiger partial charge is 0.490 e. The topological polar surface area (TPSA) is 83.5 Å². The Kier molecular flexibility index (Phi) is 6.89. The summed E-state index contributed by atoms with van der Waals surface area (Å²) in [6.07, 6.45) is -0.336. The van der Waals surface area contributed by atoms with E-state index in [2.05, 4.69) is 5.92 Å².